The molecule has 0 saturated carbocycles. The van der Waals surface area contributed by atoms with E-state index in [9.17, 15) is 4.79 Å². The molecule has 150 valence electrons. The molecule has 1 aliphatic heterocycles. The maximum atomic E-state index is 12.1. The van der Waals surface area contributed by atoms with Crippen molar-refractivity contribution in [2.75, 3.05) is 38.7 Å². The summed E-state index contributed by atoms with van der Waals surface area (Å²) in [5.41, 5.74) is 4.06. The van der Waals surface area contributed by atoms with Crippen molar-refractivity contribution in [1.82, 2.24) is 10.2 Å². The topological polar surface area (TPSA) is 53.6 Å². The van der Waals surface area contributed by atoms with Crippen LogP contribution in [0.15, 0.2) is 36.4 Å². The number of amides is 2. The lowest BCUT2D eigenvalue weighted by molar-refractivity contribution is 0.150. The summed E-state index contributed by atoms with van der Waals surface area (Å²) in [6.07, 6.45) is 0.906. The van der Waals surface area contributed by atoms with Gasteiger partial charge in [-0.25, -0.2) is 4.79 Å². The summed E-state index contributed by atoms with van der Waals surface area (Å²) in [5.74, 6) is 0. The van der Waals surface area contributed by atoms with Crippen molar-refractivity contribution in [2.45, 2.75) is 19.4 Å². The number of hydrogen-bond acceptors (Lipinski definition) is 3. The van der Waals surface area contributed by atoms with E-state index in [1.165, 1.54) is 5.56 Å². The number of ether oxygens (including phenoxy) is 1. The molecule has 0 radical (unpaired) electrons. The van der Waals surface area contributed by atoms with Crippen LogP contribution in [0.1, 0.15) is 29.7 Å². The number of nitrogens with zero attached hydrogens (tertiary/aromatic N) is 1. The molecule has 2 aromatic carbocycles. The van der Waals surface area contributed by atoms with E-state index >= 15 is 0 Å². The Bertz CT molecular complexity index is 844. The van der Waals surface area contributed by atoms with Crippen molar-refractivity contribution >= 4 is 34.9 Å². The first-order valence-corrected chi connectivity index (χ1v) is 10.2. The second-order valence-electron chi connectivity index (χ2n) is 6.80. The van der Waals surface area contributed by atoms with Crippen LogP contribution in [0.3, 0.4) is 0 Å². The number of rotatable bonds is 6. The third-order valence-electron chi connectivity index (χ3n) is 4.82. The highest BCUT2D eigenvalue weighted by Gasteiger charge is 2.29. The molecule has 28 heavy (non-hydrogen) atoms. The molecule has 0 aliphatic carbocycles. The van der Waals surface area contributed by atoms with Crippen molar-refractivity contribution < 1.29 is 9.53 Å². The molecule has 0 spiro atoms. The molecule has 1 aliphatic rings. The number of anilines is 1. The molecule has 2 N–H and O–H groups in total. The molecule has 2 aromatic rings. The minimum absolute atomic E-state index is 0.0104. The summed E-state index contributed by atoms with van der Waals surface area (Å²) in [6, 6.07) is 11.4. The molecule has 5 nitrogen and oxygen atoms in total. The SMILES string of the molecule is CCOCCNC(=O)Nc1cccc(C2c3c(Cl)cc(Cl)cc3CCN2C)c1. The lowest BCUT2D eigenvalue weighted by atomic mass is 9.88. The predicted octanol–water partition coefficient (Wildman–Crippen LogP) is 4.73. The summed E-state index contributed by atoms with van der Waals surface area (Å²) in [6.45, 7) is 4.43. The van der Waals surface area contributed by atoms with Gasteiger partial charge in [-0.05, 0) is 61.3 Å². The Labute approximate surface area is 176 Å². The summed E-state index contributed by atoms with van der Waals surface area (Å²) in [5, 5.41) is 7.00. The molecular weight excluding hydrogens is 397 g/mol. The number of urea groups is 1. The Morgan fingerprint density at radius 2 is 2.11 bits per heavy atom. The number of carbonyl (C=O) groups is 1. The van der Waals surface area contributed by atoms with Crippen LogP contribution in [0, 0.1) is 0 Å². The van der Waals surface area contributed by atoms with E-state index in [2.05, 4.69) is 28.6 Å². The van der Waals surface area contributed by atoms with Crippen LogP contribution in [-0.4, -0.2) is 44.3 Å². The zero-order valence-electron chi connectivity index (χ0n) is 16.1. The smallest absolute Gasteiger partial charge is 0.319 e. The molecule has 2 amide bonds. The average molecular weight is 422 g/mol. The van der Waals surface area contributed by atoms with Gasteiger partial charge in [-0.2, -0.15) is 0 Å². The summed E-state index contributed by atoms with van der Waals surface area (Å²) in [7, 11) is 2.08. The van der Waals surface area contributed by atoms with Gasteiger partial charge in [0.15, 0.2) is 0 Å². The van der Waals surface area contributed by atoms with E-state index in [0.29, 0.717) is 29.8 Å². The van der Waals surface area contributed by atoms with Gasteiger partial charge in [-0.3, -0.25) is 4.90 Å². The highest BCUT2D eigenvalue weighted by atomic mass is 35.5. The van der Waals surface area contributed by atoms with E-state index in [1.54, 1.807) is 6.07 Å². The number of halogens is 2. The average Bonchev–Trinajstić information content (AvgIpc) is 2.66. The number of likely N-dealkylation sites (N-methyl/N-ethyl adjacent to an activating group) is 1. The van der Waals surface area contributed by atoms with Crippen LogP contribution in [0.2, 0.25) is 10.0 Å². The van der Waals surface area contributed by atoms with Gasteiger partial charge >= 0.3 is 6.03 Å². The number of benzene rings is 2. The van der Waals surface area contributed by atoms with Crippen LogP contribution in [-0.2, 0) is 11.2 Å². The van der Waals surface area contributed by atoms with Gasteiger partial charge in [0.2, 0.25) is 0 Å². The number of hydrogen-bond donors (Lipinski definition) is 2. The van der Waals surface area contributed by atoms with Gasteiger partial charge in [-0.1, -0.05) is 35.3 Å². The first-order valence-electron chi connectivity index (χ1n) is 9.40. The largest absolute Gasteiger partial charge is 0.380 e. The van der Waals surface area contributed by atoms with Gasteiger partial charge in [0.05, 0.1) is 12.6 Å². The van der Waals surface area contributed by atoms with Crippen molar-refractivity contribution in [3.63, 3.8) is 0 Å². The van der Waals surface area contributed by atoms with Gasteiger partial charge < -0.3 is 15.4 Å². The Balaban J connectivity index is 1.80. The summed E-state index contributed by atoms with van der Waals surface area (Å²) in [4.78, 5) is 14.4. The van der Waals surface area contributed by atoms with E-state index < -0.39 is 0 Å². The van der Waals surface area contributed by atoms with E-state index in [-0.39, 0.29) is 12.1 Å². The quantitative estimate of drug-likeness (QED) is 0.662. The maximum absolute atomic E-state index is 12.1. The van der Waals surface area contributed by atoms with E-state index in [4.69, 9.17) is 27.9 Å². The predicted molar refractivity (Wildman–Crippen MR) is 115 cm³/mol. The van der Waals surface area contributed by atoms with Crippen LogP contribution in [0.25, 0.3) is 0 Å². The second kappa shape index (κ2) is 9.61. The maximum Gasteiger partial charge on any atom is 0.319 e. The minimum Gasteiger partial charge on any atom is -0.380 e. The molecule has 1 heterocycles. The zero-order chi connectivity index (χ0) is 20.1. The van der Waals surface area contributed by atoms with Crippen LogP contribution >= 0.6 is 23.2 Å². The molecule has 0 aromatic heterocycles. The molecule has 0 bridgehead atoms. The van der Waals surface area contributed by atoms with E-state index in [0.717, 1.165) is 29.8 Å². The monoisotopic (exact) mass is 421 g/mol. The molecular formula is C21H25Cl2N3O2. The van der Waals surface area contributed by atoms with E-state index in [1.807, 2.05) is 31.2 Å². The molecule has 3 rings (SSSR count). The summed E-state index contributed by atoms with van der Waals surface area (Å²) < 4.78 is 5.23. The fraction of sp³-hybridized carbons (Fsp3) is 0.381. The fourth-order valence-corrected chi connectivity index (χ4v) is 4.20. The molecule has 1 unspecified atom stereocenters. The Morgan fingerprint density at radius 3 is 2.89 bits per heavy atom. The normalized spacial score (nSPS) is 16.5. The van der Waals surface area contributed by atoms with Crippen molar-refractivity contribution in [1.29, 1.82) is 0 Å². The van der Waals surface area contributed by atoms with Gasteiger partial charge in [-0.15, -0.1) is 0 Å². The highest BCUT2D eigenvalue weighted by molar-refractivity contribution is 6.35. The second-order valence-corrected chi connectivity index (χ2v) is 7.64. The Kier molecular flexibility index (Phi) is 7.18. The van der Waals surface area contributed by atoms with Gasteiger partial charge in [0.1, 0.15) is 0 Å². The lowest BCUT2D eigenvalue weighted by Gasteiger charge is -2.36. The third kappa shape index (κ3) is 4.97. The van der Waals surface area contributed by atoms with Crippen molar-refractivity contribution in [3.8, 4) is 0 Å². The Morgan fingerprint density at radius 1 is 1.29 bits per heavy atom. The first kappa shape index (κ1) is 20.9. The molecule has 1 atom stereocenters. The first-order chi connectivity index (χ1) is 13.5. The van der Waals surface area contributed by atoms with Crippen LogP contribution < -0.4 is 10.6 Å². The van der Waals surface area contributed by atoms with Crippen molar-refractivity contribution in [3.05, 3.63) is 63.1 Å². The fourth-order valence-electron chi connectivity index (χ4n) is 3.56. The van der Waals surface area contributed by atoms with Gasteiger partial charge in [0, 0.05) is 35.4 Å². The molecule has 7 heteroatoms. The number of carbonyl (C=O) groups excluding carboxylic acids is 1. The lowest BCUT2D eigenvalue weighted by Crippen LogP contribution is -2.33. The van der Waals surface area contributed by atoms with Crippen LogP contribution in [0.4, 0.5) is 10.5 Å². The summed E-state index contributed by atoms with van der Waals surface area (Å²) >= 11 is 12.8. The number of nitrogens with one attached hydrogen (secondary N) is 2. The zero-order valence-corrected chi connectivity index (χ0v) is 17.6. The van der Waals surface area contributed by atoms with Crippen molar-refractivity contribution in [2.24, 2.45) is 0 Å². The standard InChI is InChI=1S/C21H25Cl2N3O2/c1-3-28-10-8-24-21(27)25-17-6-4-5-15(12-17)20-19-14(7-9-26(20)2)11-16(22)13-18(19)23/h4-6,11-13,20H,3,7-10H2,1-2H3,(H2,24,25,27). The van der Waals surface area contributed by atoms with Gasteiger partial charge in [0.25, 0.3) is 0 Å². The number of fused-ring (bicyclic) bond motifs is 1. The molecule has 0 fully saturated rings. The molecule has 0 saturated heterocycles. The van der Waals surface area contributed by atoms with Crippen LogP contribution in [0.5, 0.6) is 0 Å². The minimum atomic E-state index is -0.251. The Hall–Kier alpha value is -1.79. The third-order valence-corrected chi connectivity index (χ3v) is 5.36. The highest BCUT2D eigenvalue weighted by Crippen LogP contribution is 2.40.